The van der Waals surface area contributed by atoms with Gasteiger partial charge in [-0.15, -0.1) is 0 Å². The number of hydrogen-bond donors (Lipinski definition) is 1. The molecule has 0 spiro atoms. The van der Waals surface area contributed by atoms with Crippen molar-refractivity contribution in [3.63, 3.8) is 0 Å². The van der Waals surface area contributed by atoms with Crippen molar-refractivity contribution in [3.05, 3.63) is 89.5 Å². The van der Waals surface area contributed by atoms with Crippen LogP contribution in [0.2, 0.25) is 0 Å². The van der Waals surface area contributed by atoms with Crippen LogP contribution in [0.3, 0.4) is 0 Å². The van der Waals surface area contributed by atoms with Crippen molar-refractivity contribution in [1.82, 2.24) is 0 Å². The van der Waals surface area contributed by atoms with Gasteiger partial charge in [-0.05, 0) is 79.8 Å². The first-order chi connectivity index (χ1) is 14.4. The standard InChI is InChI=1S/C24H24N2O3S/c1-18-7-6-10-22(17-18)30(28,29)25-21-14-12-20(13-15-21)24(27)26-16-5-4-9-19-8-2-3-11-23(19)26/h2-3,6-8,10-15,17,25H,4-5,9,16H2,1H3. The van der Waals surface area contributed by atoms with E-state index in [4.69, 9.17) is 0 Å². The smallest absolute Gasteiger partial charge is 0.261 e. The van der Waals surface area contributed by atoms with E-state index in [9.17, 15) is 13.2 Å². The average molecular weight is 421 g/mol. The summed E-state index contributed by atoms with van der Waals surface area (Å²) in [4.78, 5) is 15.2. The highest BCUT2D eigenvalue weighted by molar-refractivity contribution is 7.92. The zero-order valence-electron chi connectivity index (χ0n) is 16.8. The highest BCUT2D eigenvalue weighted by atomic mass is 32.2. The molecule has 1 aliphatic rings. The van der Waals surface area contributed by atoms with E-state index >= 15 is 0 Å². The van der Waals surface area contributed by atoms with Gasteiger partial charge in [-0.25, -0.2) is 8.42 Å². The Morgan fingerprint density at radius 2 is 1.70 bits per heavy atom. The molecule has 3 aromatic rings. The van der Waals surface area contributed by atoms with E-state index in [1.807, 2.05) is 36.1 Å². The minimum Gasteiger partial charge on any atom is -0.308 e. The van der Waals surface area contributed by atoms with Gasteiger partial charge in [-0.1, -0.05) is 30.3 Å². The van der Waals surface area contributed by atoms with Gasteiger partial charge in [0.15, 0.2) is 0 Å². The van der Waals surface area contributed by atoms with Gasteiger partial charge in [-0.3, -0.25) is 9.52 Å². The number of benzene rings is 3. The van der Waals surface area contributed by atoms with Crippen LogP contribution in [0.25, 0.3) is 0 Å². The third-order valence-electron chi connectivity index (χ3n) is 5.29. The summed E-state index contributed by atoms with van der Waals surface area (Å²) in [5.41, 5.74) is 3.97. The number of carbonyl (C=O) groups excluding carboxylic acids is 1. The van der Waals surface area contributed by atoms with E-state index in [-0.39, 0.29) is 10.8 Å². The second-order valence-corrected chi connectivity index (χ2v) is 9.22. The molecule has 0 unspecified atom stereocenters. The van der Waals surface area contributed by atoms with Crippen molar-refractivity contribution < 1.29 is 13.2 Å². The van der Waals surface area contributed by atoms with Crippen LogP contribution in [0.5, 0.6) is 0 Å². The molecule has 1 heterocycles. The molecule has 4 rings (SSSR count). The minimum atomic E-state index is -3.68. The predicted molar refractivity (Wildman–Crippen MR) is 119 cm³/mol. The number of nitrogens with one attached hydrogen (secondary N) is 1. The van der Waals surface area contributed by atoms with Gasteiger partial charge in [0.25, 0.3) is 15.9 Å². The maximum absolute atomic E-state index is 13.2. The Labute approximate surface area is 177 Å². The first kappa shape index (κ1) is 20.2. The van der Waals surface area contributed by atoms with Gasteiger partial charge in [-0.2, -0.15) is 0 Å². The third-order valence-corrected chi connectivity index (χ3v) is 6.67. The molecule has 5 nitrogen and oxygen atoms in total. The van der Waals surface area contributed by atoms with E-state index < -0.39 is 10.0 Å². The monoisotopic (exact) mass is 420 g/mol. The number of amides is 1. The quantitative estimate of drug-likeness (QED) is 0.661. The van der Waals surface area contributed by atoms with Crippen molar-refractivity contribution >= 4 is 27.3 Å². The molecule has 6 heteroatoms. The number of fused-ring (bicyclic) bond motifs is 1. The molecule has 0 saturated carbocycles. The van der Waals surface area contributed by atoms with Gasteiger partial charge in [0, 0.05) is 23.5 Å². The SMILES string of the molecule is Cc1cccc(S(=O)(=O)Nc2ccc(C(=O)N3CCCCc4ccccc43)cc2)c1. The fourth-order valence-electron chi connectivity index (χ4n) is 3.74. The summed E-state index contributed by atoms with van der Waals surface area (Å²) in [6, 6.07) is 21.4. The van der Waals surface area contributed by atoms with Crippen molar-refractivity contribution in [3.8, 4) is 0 Å². The first-order valence-electron chi connectivity index (χ1n) is 10.0. The van der Waals surface area contributed by atoms with Crippen LogP contribution in [0.4, 0.5) is 11.4 Å². The Morgan fingerprint density at radius 1 is 0.933 bits per heavy atom. The van der Waals surface area contributed by atoms with Gasteiger partial charge in [0.1, 0.15) is 0 Å². The highest BCUT2D eigenvalue weighted by Gasteiger charge is 2.22. The number of nitrogens with zero attached hydrogens (tertiary/aromatic N) is 1. The molecule has 1 N–H and O–H groups in total. The third kappa shape index (κ3) is 4.24. The van der Waals surface area contributed by atoms with Crippen molar-refractivity contribution in [1.29, 1.82) is 0 Å². The molecule has 0 saturated heterocycles. The average Bonchev–Trinajstić information content (AvgIpc) is 2.96. The molecule has 0 bridgehead atoms. The van der Waals surface area contributed by atoms with Crippen molar-refractivity contribution in [2.24, 2.45) is 0 Å². The first-order valence-corrected chi connectivity index (χ1v) is 11.5. The van der Waals surface area contributed by atoms with Crippen LogP contribution in [0.1, 0.15) is 34.3 Å². The normalized spacial score (nSPS) is 14.0. The van der Waals surface area contributed by atoms with E-state index in [0.717, 1.165) is 30.5 Å². The number of rotatable bonds is 4. The number of para-hydroxylation sites is 1. The van der Waals surface area contributed by atoms with Gasteiger partial charge in [0.05, 0.1) is 4.90 Å². The molecule has 30 heavy (non-hydrogen) atoms. The molecule has 3 aromatic carbocycles. The Bertz CT molecular complexity index is 1170. The summed E-state index contributed by atoms with van der Waals surface area (Å²) in [5, 5.41) is 0. The van der Waals surface area contributed by atoms with Crippen LogP contribution in [-0.2, 0) is 16.4 Å². The fraction of sp³-hybridized carbons (Fsp3) is 0.208. The van der Waals surface area contributed by atoms with Gasteiger partial charge >= 0.3 is 0 Å². The summed E-state index contributed by atoms with van der Waals surface area (Å²) < 4.78 is 27.8. The van der Waals surface area contributed by atoms with Crippen LogP contribution in [-0.4, -0.2) is 20.9 Å². The molecule has 0 aliphatic carbocycles. The topological polar surface area (TPSA) is 66.5 Å². The number of hydrogen-bond acceptors (Lipinski definition) is 3. The molecule has 0 aromatic heterocycles. The molecule has 1 aliphatic heterocycles. The predicted octanol–water partition coefficient (Wildman–Crippen LogP) is 4.78. The zero-order valence-corrected chi connectivity index (χ0v) is 17.7. The van der Waals surface area contributed by atoms with Crippen LogP contribution in [0, 0.1) is 6.92 Å². The zero-order chi connectivity index (χ0) is 21.1. The Hall–Kier alpha value is -3.12. The molecule has 1 amide bonds. The lowest BCUT2D eigenvalue weighted by molar-refractivity contribution is 0.0987. The Kier molecular flexibility index (Phi) is 5.59. The lowest BCUT2D eigenvalue weighted by atomic mass is 10.1. The van der Waals surface area contributed by atoms with Crippen LogP contribution in [0.15, 0.2) is 77.7 Å². The maximum atomic E-state index is 13.2. The second-order valence-electron chi connectivity index (χ2n) is 7.54. The molecule has 154 valence electrons. The van der Waals surface area contributed by atoms with E-state index in [2.05, 4.69) is 10.8 Å². The highest BCUT2D eigenvalue weighted by Crippen LogP contribution is 2.28. The summed E-state index contributed by atoms with van der Waals surface area (Å²) in [6.45, 7) is 2.53. The summed E-state index contributed by atoms with van der Waals surface area (Å²) in [5.74, 6) is -0.0718. The molecule has 0 atom stereocenters. The van der Waals surface area contributed by atoms with E-state index in [1.54, 1.807) is 42.5 Å². The number of carbonyl (C=O) groups is 1. The Morgan fingerprint density at radius 3 is 2.47 bits per heavy atom. The number of anilines is 2. The van der Waals surface area contributed by atoms with Gasteiger partial charge in [0.2, 0.25) is 0 Å². The lowest BCUT2D eigenvalue weighted by Gasteiger charge is -2.23. The largest absolute Gasteiger partial charge is 0.308 e. The maximum Gasteiger partial charge on any atom is 0.261 e. The Balaban J connectivity index is 1.55. The van der Waals surface area contributed by atoms with E-state index in [0.29, 0.717) is 17.8 Å². The van der Waals surface area contributed by atoms with Crippen LogP contribution < -0.4 is 9.62 Å². The molecular formula is C24H24N2O3S. The number of aryl methyl sites for hydroxylation is 2. The molecule has 0 radical (unpaired) electrons. The fourth-order valence-corrected chi connectivity index (χ4v) is 4.90. The molecular weight excluding hydrogens is 396 g/mol. The molecule has 0 fully saturated rings. The van der Waals surface area contributed by atoms with Gasteiger partial charge < -0.3 is 4.90 Å². The summed E-state index contributed by atoms with van der Waals surface area (Å²) >= 11 is 0. The summed E-state index contributed by atoms with van der Waals surface area (Å²) in [7, 11) is -3.68. The summed E-state index contributed by atoms with van der Waals surface area (Å²) in [6.07, 6.45) is 2.98. The van der Waals surface area contributed by atoms with E-state index in [1.165, 1.54) is 5.56 Å². The van der Waals surface area contributed by atoms with Crippen molar-refractivity contribution in [2.45, 2.75) is 31.1 Å². The van der Waals surface area contributed by atoms with Crippen molar-refractivity contribution in [2.75, 3.05) is 16.2 Å². The lowest BCUT2D eigenvalue weighted by Crippen LogP contribution is -2.31. The second kappa shape index (κ2) is 8.32. The number of sulfonamides is 1. The van der Waals surface area contributed by atoms with Crippen LogP contribution >= 0.6 is 0 Å². The minimum absolute atomic E-state index is 0.0718.